The number of thiazole rings is 1. The number of hydrogen-bond acceptors (Lipinski definition) is 4. The largest absolute Gasteiger partial charge is 0.335 e. The summed E-state index contributed by atoms with van der Waals surface area (Å²) >= 11 is 1.46. The monoisotopic (exact) mass is 267 g/mol. The average Bonchev–Trinajstić information content (AvgIpc) is 2.76. The summed E-state index contributed by atoms with van der Waals surface area (Å²) in [5.41, 5.74) is 2.62. The van der Waals surface area contributed by atoms with Gasteiger partial charge in [0, 0.05) is 31.1 Å². The van der Waals surface area contributed by atoms with E-state index >= 15 is 0 Å². The number of nitrogens with zero attached hydrogens (tertiary/aromatic N) is 2. The molecule has 0 saturated carbocycles. The van der Waals surface area contributed by atoms with Crippen molar-refractivity contribution in [3.05, 3.63) is 16.1 Å². The smallest absolute Gasteiger partial charge is 0.265 e. The van der Waals surface area contributed by atoms with E-state index in [2.05, 4.69) is 38.0 Å². The fourth-order valence-corrected chi connectivity index (χ4v) is 3.16. The third-order valence-corrected chi connectivity index (χ3v) is 3.94. The summed E-state index contributed by atoms with van der Waals surface area (Å²) in [7, 11) is 0. The van der Waals surface area contributed by atoms with Crippen LogP contribution >= 0.6 is 11.3 Å². The lowest BCUT2D eigenvalue weighted by Crippen LogP contribution is -2.51. The number of carbonyl (C=O) groups excluding carboxylic acids is 1. The quantitative estimate of drug-likeness (QED) is 0.845. The molecule has 1 aliphatic rings. The highest BCUT2D eigenvalue weighted by molar-refractivity contribution is 7.11. The van der Waals surface area contributed by atoms with Crippen molar-refractivity contribution in [2.24, 2.45) is 0 Å². The molecule has 0 aromatic carbocycles. The normalized spacial score (nSPS) is 21.1. The molecule has 1 atom stereocenters. The van der Waals surface area contributed by atoms with Gasteiger partial charge < -0.3 is 10.2 Å². The Hall–Kier alpha value is -0.940. The fraction of sp³-hybridized carbons (Fsp3) is 0.692. The van der Waals surface area contributed by atoms with Crippen molar-refractivity contribution in [3.63, 3.8) is 0 Å². The molecule has 18 heavy (non-hydrogen) atoms. The number of rotatable bonds is 1. The topological polar surface area (TPSA) is 45.2 Å². The zero-order valence-corrected chi connectivity index (χ0v) is 12.3. The summed E-state index contributed by atoms with van der Waals surface area (Å²) in [6, 6.07) is 0.369. The van der Waals surface area contributed by atoms with Gasteiger partial charge in [0.25, 0.3) is 5.91 Å². The van der Waals surface area contributed by atoms with Gasteiger partial charge in [0.05, 0.1) is 11.2 Å². The van der Waals surface area contributed by atoms with Gasteiger partial charge in [0.15, 0.2) is 0 Å². The maximum Gasteiger partial charge on any atom is 0.265 e. The second-order valence-corrected chi connectivity index (χ2v) is 6.74. The average molecular weight is 267 g/mol. The minimum atomic E-state index is -0.0787. The minimum Gasteiger partial charge on any atom is -0.335 e. The Labute approximate surface area is 112 Å². The van der Waals surface area contributed by atoms with Crippen molar-refractivity contribution < 1.29 is 4.79 Å². The molecule has 0 bridgehead atoms. The van der Waals surface area contributed by atoms with Crippen molar-refractivity contribution in [2.45, 2.75) is 39.2 Å². The van der Waals surface area contributed by atoms with Crippen LogP contribution in [0.3, 0.4) is 0 Å². The predicted molar refractivity (Wildman–Crippen MR) is 74.2 cm³/mol. The molecule has 1 aliphatic heterocycles. The van der Waals surface area contributed by atoms with Crippen LogP contribution in [0.25, 0.3) is 0 Å². The van der Waals surface area contributed by atoms with Gasteiger partial charge in [-0.05, 0) is 6.92 Å². The number of amides is 1. The van der Waals surface area contributed by atoms with Crippen LogP contribution in [0.15, 0.2) is 5.51 Å². The molecule has 0 aliphatic carbocycles. The molecule has 0 radical (unpaired) electrons. The lowest BCUT2D eigenvalue weighted by atomic mass is 9.91. The molecular weight excluding hydrogens is 246 g/mol. The van der Waals surface area contributed by atoms with Crippen molar-refractivity contribution in [3.8, 4) is 0 Å². The molecule has 0 spiro atoms. The van der Waals surface area contributed by atoms with E-state index in [1.165, 1.54) is 11.3 Å². The molecule has 1 aromatic rings. The molecular formula is C13H21N3OS. The second kappa shape index (κ2) is 4.97. The maximum atomic E-state index is 12.5. The van der Waals surface area contributed by atoms with E-state index in [-0.39, 0.29) is 11.3 Å². The van der Waals surface area contributed by atoms with Gasteiger partial charge in [-0.1, -0.05) is 20.8 Å². The third kappa shape index (κ3) is 2.72. The standard InChI is InChI=1S/C13H21N3OS/c1-9-7-16(6-5-14-9)12(17)10-11(13(2,3)4)15-8-18-10/h8-9,14H,5-7H2,1-4H3/t9-/m0/s1. The number of hydrogen-bond donors (Lipinski definition) is 1. The van der Waals surface area contributed by atoms with Crippen LogP contribution in [-0.2, 0) is 5.41 Å². The Morgan fingerprint density at radius 2 is 2.28 bits per heavy atom. The maximum absolute atomic E-state index is 12.5. The van der Waals surface area contributed by atoms with Crippen LogP contribution in [0.5, 0.6) is 0 Å². The lowest BCUT2D eigenvalue weighted by molar-refractivity contribution is 0.0711. The van der Waals surface area contributed by atoms with Crippen LogP contribution < -0.4 is 5.32 Å². The molecule has 1 fully saturated rings. The summed E-state index contributed by atoms with van der Waals surface area (Å²) in [4.78, 5) is 19.7. The molecule has 100 valence electrons. The predicted octanol–water partition coefficient (Wildman–Crippen LogP) is 1.87. The van der Waals surface area contributed by atoms with E-state index in [9.17, 15) is 4.79 Å². The Bertz CT molecular complexity index is 436. The van der Waals surface area contributed by atoms with Crippen molar-refractivity contribution in [1.82, 2.24) is 15.2 Å². The molecule has 1 N–H and O–H groups in total. The van der Waals surface area contributed by atoms with Gasteiger partial charge in [-0.15, -0.1) is 11.3 Å². The highest BCUT2D eigenvalue weighted by atomic mass is 32.1. The van der Waals surface area contributed by atoms with Gasteiger partial charge >= 0.3 is 0 Å². The fourth-order valence-electron chi connectivity index (χ4n) is 2.19. The van der Waals surface area contributed by atoms with Crippen molar-refractivity contribution in [1.29, 1.82) is 0 Å². The Morgan fingerprint density at radius 1 is 1.56 bits per heavy atom. The first kappa shape index (κ1) is 13.5. The van der Waals surface area contributed by atoms with Crippen LogP contribution in [0.2, 0.25) is 0 Å². The molecule has 1 amide bonds. The van der Waals surface area contributed by atoms with E-state index in [0.717, 1.165) is 30.2 Å². The zero-order chi connectivity index (χ0) is 13.3. The van der Waals surface area contributed by atoms with E-state index < -0.39 is 0 Å². The van der Waals surface area contributed by atoms with Crippen LogP contribution in [-0.4, -0.2) is 41.5 Å². The third-order valence-electron chi connectivity index (χ3n) is 3.13. The second-order valence-electron chi connectivity index (χ2n) is 5.89. The Morgan fingerprint density at radius 3 is 2.89 bits per heavy atom. The van der Waals surface area contributed by atoms with Gasteiger partial charge in [-0.25, -0.2) is 4.98 Å². The molecule has 0 unspecified atom stereocenters. The van der Waals surface area contributed by atoms with Crippen molar-refractivity contribution >= 4 is 17.2 Å². The summed E-state index contributed by atoms with van der Waals surface area (Å²) in [5.74, 6) is 0.135. The first-order chi connectivity index (χ1) is 8.39. The van der Waals surface area contributed by atoms with Gasteiger partial charge in [0.1, 0.15) is 4.88 Å². The van der Waals surface area contributed by atoms with Crippen LogP contribution in [0.4, 0.5) is 0 Å². The highest BCUT2D eigenvalue weighted by Gasteiger charge is 2.29. The van der Waals surface area contributed by atoms with Gasteiger partial charge in [0.2, 0.25) is 0 Å². The first-order valence-corrected chi connectivity index (χ1v) is 7.24. The summed E-state index contributed by atoms with van der Waals surface area (Å²) in [6.45, 7) is 10.8. The summed E-state index contributed by atoms with van der Waals surface area (Å²) in [6.07, 6.45) is 0. The van der Waals surface area contributed by atoms with E-state index in [1.807, 2.05) is 4.90 Å². The molecule has 1 aromatic heterocycles. The van der Waals surface area contributed by atoms with Crippen LogP contribution in [0, 0.1) is 0 Å². The number of carbonyl (C=O) groups is 1. The minimum absolute atomic E-state index is 0.0787. The Kier molecular flexibility index (Phi) is 3.73. The lowest BCUT2D eigenvalue weighted by Gasteiger charge is -2.32. The molecule has 2 rings (SSSR count). The molecule has 2 heterocycles. The zero-order valence-electron chi connectivity index (χ0n) is 11.5. The van der Waals surface area contributed by atoms with E-state index in [1.54, 1.807) is 5.51 Å². The van der Waals surface area contributed by atoms with Gasteiger partial charge in [-0.2, -0.15) is 0 Å². The van der Waals surface area contributed by atoms with Gasteiger partial charge in [-0.3, -0.25) is 4.79 Å². The molecule has 1 saturated heterocycles. The SMILES string of the molecule is C[C@H]1CN(C(=O)c2scnc2C(C)(C)C)CCN1. The van der Waals surface area contributed by atoms with E-state index in [0.29, 0.717) is 6.04 Å². The molecule has 4 nitrogen and oxygen atoms in total. The first-order valence-electron chi connectivity index (χ1n) is 6.36. The van der Waals surface area contributed by atoms with Crippen molar-refractivity contribution in [2.75, 3.05) is 19.6 Å². The summed E-state index contributed by atoms with van der Waals surface area (Å²) < 4.78 is 0. The summed E-state index contributed by atoms with van der Waals surface area (Å²) in [5, 5.41) is 3.35. The number of aromatic nitrogens is 1. The highest BCUT2D eigenvalue weighted by Crippen LogP contribution is 2.28. The van der Waals surface area contributed by atoms with Crippen LogP contribution in [0.1, 0.15) is 43.1 Å². The number of piperazine rings is 1. The Balaban J connectivity index is 2.21. The number of nitrogens with one attached hydrogen (secondary N) is 1. The molecule has 5 heteroatoms. The van der Waals surface area contributed by atoms with E-state index in [4.69, 9.17) is 0 Å².